The summed E-state index contributed by atoms with van der Waals surface area (Å²) in [4.78, 5) is 10.4. The molecule has 2 heterocycles. The van der Waals surface area contributed by atoms with Gasteiger partial charge in [0.25, 0.3) is 0 Å². The molecule has 0 bridgehead atoms. The third kappa shape index (κ3) is 3.89. The first-order chi connectivity index (χ1) is 9.85. The smallest absolute Gasteiger partial charge is 0.316 e. The van der Waals surface area contributed by atoms with Crippen LogP contribution in [0.25, 0.3) is 0 Å². The van der Waals surface area contributed by atoms with Crippen LogP contribution >= 0.6 is 0 Å². The summed E-state index contributed by atoms with van der Waals surface area (Å²) < 4.78 is 10.7. The molecule has 1 fully saturated rings. The van der Waals surface area contributed by atoms with E-state index in [1.54, 1.807) is 12.4 Å². The molecule has 0 aromatic carbocycles. The molecule has 0 spiro atoms. The molecule has 0 amide bonds. The molecule has 108 valence electrons. The second kappa shape index (κ2) is 7.78. The summed E-state index contributed by atoms with van der Waals surface area (Å²) in [6, 6.07) is 2.36. The number of aromatic nitrogens is 2. The monoisotopic (exact) mass is 276 g/mol. The van der Waals surface area contributed by atoms with Gasteiger partial charge in [-0.2, -0.15) is 5.26 Å². The highest BCUT2D eigenvalue weighted by Crippen LogP contribution is 2.20. The Labute approximate surface area is 119 Å². The second-order valence-electron chi connectivity index (χ2n) is 4.62. The molecule has 1 aliphatic heterocycles. The van der Waals surface area contributed by atoms with E-state index in [9.17, 15) is 5.26 Å². The Morgan fingerprint density at radius 1 is 1.35 bits per heavy atom. The normalized spacial score (nSPS) is 18.6. The Kier molecular flexibility index (Phi) is 5.71. The summed E-state index contributed by atoms with van der Waals surface area (Å²) in [7, 11) is 0. The Hall–Kier alpha value is -1.71. The van der Waals surface area contributed by atoms with Crippen molar-refractivity contribution in [3.63, 3.8) is 0 Å². The minimum absolute atomic E-state index is 0.327. The molecule has 1 aliphatic rings. The van der Waals surface area contributed by atoms with E-state index in [0.717, 1.165) is 38.1 Å². The van der Waals surface area contributed by atoms with Crippen LogP contribution in [-0.2, 0) is 4.74 Å². The molecule has 20 heavy (non-hydrogen) atoms. The Bertz CT molecular complexity index is 435. The lowest BCUT2D eigenvalue weighted by atomic mass is 10.1. The van der Waals surface area contributed by atoms with Crippen LogP contribution in [0.15, 0.2) is 12.4 Å². The highest BCUT2D eigenvalue weighted by atomic mass is 16.5. The Morgan fingerprint density at radius 3 is 2.85 bits per heavy atom. The number of hydrogen-bond donors (Lipinski definition) is 0. The van der Waals surface area contributed by atoms with Crippen LogP contribution in [0.1, 0.15) is 31.4 Å². The maximum Gasteiger partial charge on any atom is 0.316 e. The maximum absolute atomic E-state index is 9.45. The van der Waals surface area contributed by atoms with Gasteiger partial charge in [-0.15, -0.1) is 0 Å². The summed E-state index contributed by atoms with van der Waals surface area (Å²) in [6.07, 6.45) is 5.42. The van der Waals surface area contributed by atoms with E-state index in [0.29, 0.717) is 19.2 Å². The fourth-order valence-corrected chi connectivity index (χ4v) is 2.21. The predicted octanol–water partition coefficient (Wildman–Crippen LogP) is 1.55. The third-order valence-electron chi connectivity index (χ3n) is 3.23. The highest BCUT2D eigenvalue weighted by Gasteiger charge is 2.21. The summed E-state index contributed by atoms with van der Waals surface area (Å²) >= 11 is 0. The summed E-state index contributed by atoms with van der Waals surface area (Å²) in [5.74, 6) is 0. The van der Waals surface area contributed by atoms with Crippen molar-refractivity contribution in [1.82, 2.24) is 14.9 Å². The van der Waals surface area contributed by atoms with Crippen LogP contribution in [0, 0.1) is 11.3 Å². The van der Waals surface area contributed by atoms with Crippen molar-refractivity contribution in [2.24, 2.45) is 0 Å². The third-order valence-corrected chi connectivity index (χ3v) is 3.23. The van der Waals surface area contributed by atoms with Crippen LogP contribution in [0.5, 0.6) is 6.01 Å². The van der Waals surface area contributed by atoms with Crippen LogP contribution in [0.4, 0.5) is 0 Å². The van der Waals surface area contributed by atoms with Crippen LogP contribution < -0.4 is 4.74 Å². The molecule has 6 heteroatoms. The number of ether oxygens (including phenoxy) is 2. The van der Waals surface area contributed by atoms with E-state index < -0.39 is 0 Å². The predicted molar refractivity (Wildman–Crippen MR) is 73.2 cm³/mol. The molecule has 1 aromatic rings. The Balaban J connectivity index is 2.07. The molecule has 1 aromatic heterocycles. The molecule has 2 rings (SSSR count). The van der Waals surface area contributed by atoms with Gasteiger partial charge in [0.15, 0.2) is 0 Å². The van der Waals surface area contributed by atoms with Gasteiger partial charge in [-0.3, -0.25) is 4.90 Å². The summed E-state index contributed by atoms with van der Waals surface area (Å²) in [5.41, 5.74) is 0.802. The SMILES string of the molecule is CCOc1ncc(C(C#N)N2CCCCOCC2)cn1. The van der Waals surface area contributed by atoms with Crippen LogP contribution in [-0.4, -0.2) is 47.8 Å². The first-order valence-electron chi connectivity index (χ1n) is 7.01. The zero-order chi connectivity index (χ0) is 14.2. The Morgan fingerprint density at radius 2 is 2.15 bits per heavy atom. The highest BCUT2D eigenvalue weighted by molar-refractivity contribution is 5.19. The molecule has 0 radical (unpaired) electrons. The van der Waals surface area contributed by atoms with E-state index in [4.69, 9.17) is 9.47 Å². The lowest BCUT2D eigenvalue weighted by Gasteiger charge is -2.28. The van der Waals surface area contributed by atoms with Gasteiger partial charge >= 0.3 is 6.01 Å². The molecular weight excluding hydrogens is 256 g/mol. The van der Waals surface area contributed by atoms with Crippen molar-refractivity contribution >= 4 is 0 Å². The van der Waals surface area contributed by atoms with Crippen molar-refractivity contribution in [2.75, 3.05) is 32.9 Å². The van der Waals surface area contributed by atoms with Gasteiger partial charge < -0.3 is 9.47 Å². The topological polar surface area (TPSA) is 71.3 Å². The number of rotatable bonds is 4. The number of hydrogen-bond acceptors (Lipinski definition) is 6. The van der Waals surface area contributed by atoms with Gasteiger partial charge in [-0.1, -0.05) is 0 Å². The first-order valence-corrected chi connectivity index (χ1v) is 7.01. The lowest BCUT2D eigenvalue weighted by Crippen LogP contribution is -2.34. The van der Waals surface area contributed by atoms with Crippen LogP contribution in [0.3, 0.4) is 0 Å². The van der Waals surface area contributed by atoms with Gasteiger partial charge in [0.05, 0.1) is 19.3 Å². The fraction of sp³-hybridized carbons (Fsp3) is 0.643. The van der Waals surface area contributed by atoms with E-state index in [2.05, 4.69) is 20.9 Å². The van der Waals surface area contributed by atoms with Crippen molar-refractivity contribution in [3.8, 4) is 12.1 Å². The average molecular weight is 276 g/mol. The minimum atomic E-state index is -0.327. The summed E-state index contributed by atoms with van der Waals surface area (Å²) in [6.45, 7) is 5.55. The van der Waals surface area contributed by atoms with Crippen molar-refractivity contribution in [3.05, 3.63) is 18.0 Å². The van der Waals surface area contributed by atoms with Gasteiger partial charge in [0.2, 0.25) is 0 Å². The fourth-order valence-electron chi connectivity index (χ4n) is 2.21. The average Bonchev–Trinajstić information content (AvgIpc) is 2.43. The number of nitrogens with zero attached hydrogens (tertiary/aromatic N) is 4. The number of nitriles is 1. The van der Waals surface area contributed by atoms with Crippen molar-refractivity contribution in [2.45, 2.75) is 25.8 Å². The minimum Gasteiger partial charge on any atom is -0.464 e. The molecule has 0 saturated carbocycles. The first kappa shape index (κ1) is 14.7. The molecular formula is C14H20N4O2. The largest absolute Gasteiger partial charge is 0.464 e. The molecule has 0 aliphatic carbocycles. The van der Waals surface area contributed by atoms with Gasteiger partial charge in [-0.25, -0.2) is 9.97 Å². The zero-order valence-electron chi connectivity index (χ0n) is 11.8. The quantitative estimate of drug-likeness (QED) is 0.831. The molecule has 1 atom stereocenters. The van der Waals surface area contributed by atoms with Crippen molar-refractivity contribution in [1.29, 1.82) is 5.26 Å². The van der Waals surface area contributed by atoms with E-state index in [1.807, 2.05) is 6.92 Å². The van der Waals surface area contributed by atoms with Gasteiger partial charge in [0.1, 0.15) is 6.04 Å². The van der Waals surface area contributed by atoms with Gasteiger partial charge in [-0.05, 0) is 26.3 Å². The molecule has 6 nitrogen and oxygen atoms in total. The van der Waals surface area contributed by atoms with E-state index in [1.165, 1.54) is 0 Å². The second-order valence-corrected chi connectivity index (χ2v) is 4.62. The van der Waals surface area contributed by atoms with E-state index in [-0.39, 0.29) is 6.04 Å². The molecule has 1 saturated heterocycles. The lowest BCUT2D eigenvalue weighted by molar-refractivity contribution is 0.0716. The van der Waals surface area contributed by atoms with E-state index >= 15 is 0 Å². The summed E-state index contributed by atoms with van der Waals surface area (Å²) in [5, 5.41) is 9.45. The van der Waals surface area contributed by atoms with Gasteiger partial charge in [0, 0.05) is 31.1 Å². The molecule has 0 N–H and O–H groups in total. The molecule has 1 unspecified atom stereocenters. The van der Waals surface area contributed by atoms with Crippen molar-refractivity contribution < 1.29 is 9.47 Å². The van der Waals surface area contributed by atoms with Crippen LogP contribution in [0.2, 0.25) is 0 Å². The maximum atomic E-state index is 9.45. The zero-order valence-corrected chi connectivity index (χ0v) is 11.8. The standard InChI is InChI=1S/C14H20N4O2/c1-2-20-14-16-10-12(11-17-14)13(9-15)18-5-3-4-7-19-8-6-18/h10-11,13H,2-8H2,1H3.